The molecule has 2 heterocycles. The van der Waals surface area contributed by atoms with Gasteiger partial charge in [-0.2, -0.15) is 0 Å². The van der Waals surface area contributed by atoms with Crippen molar-refractivity contribution >= 4 is 16.5 Å². The van der Waals surface area contributed by atoms with Crippen LogP contribution in [0.2, 0.25) is 0 Å². The molecule has 1 aliphatic heterocycles. The lowest BCUT2D eigenvalue weighted by molar-refractivity contribution is -0.122. The molecule has 2 atom stereocenters. The summed E-state index contributed by atoms with van der Waals surface area (Å²) in [5, 5.41) is 6.89. The molecule has 1 N–H and O–H groups in total. The van der Waals surface area contributed by atoms with Gasteiger partial charge >= 0.3 is 0 Å². The van der Waals surface area contributed by atoms with E-state index in [1.165, 1.54) is 37.6 Å². The molecule has 1 fully saturated rings. The molecular weight excluding hydrogens is 405 g/mol. The zero-order chi connectivity index (χ0) is 21.6. The number of aromatic nitrogens is 2. The molecule has 0 unspecified atom stereocenters. The summed E-state index contributed by atoms with van der Waals surface area (Å²) in [6.45, 7) is 0.463. The highest BCUT2D eigenvalue weighted by atomic mass is 32.2. The van der Waals surface area contributed by atoms with Crippen molar-refractivity contribution < 1.29 is 32.2 Å². The number of hydrogen-bond acceptors (Lipinski definition) is 6. The standard InChI is InChI=1S/C17H22FN3O4S.CH2O2/c1-20(2)26(22,23)11-12-9-25-10-15(12)21-7-6-19-17(21)14-8-13(18)4-5-16(14)24-3;2-1-3/h4-8,12,15H,9-11H2,1-3H3;1H,(H,2,3)/t12-,15-;/m1./s1. The average molecular weight is 429 g/mol. The van der Waals surface area contributed by atoms with Crippen molar-refractivity contribution in [1.82, 2.24) is 13.9 Å². The Kier molecular flexibility index (Phi) is 7.71. The second kappa shape index (κ2) is 9.81. The maximum atomic E-state index is 13.8. The molecule has 1 aromatic carbocycles. The Morgan fingerprint density at radius 3 is 2.72 bits per heavy atom. The van der Waals surface area contributed by atoms with Crippen LogP contribution in [0.1, 0.15) is 6.04 Å². The first-order chi connectivity index (χ1) is 13.7. The minimum absolute atomic E-state index is 0.0252. The number of rotatable bonds is 6. The van der Waals surface area contributed by atoms with Crippen LogP contribution in [0.5, 0.6) is 5.75 Å². The minimum Gasteiger partial charge on any atom is -0.496 e. The minimum atomic E-state index is -3.37. The molecule has 160 valence electrons. The summed E-state index contributed by atoms with van der Waals surface area (Å²) in [5.74, 6) is 0.363. The fraction of sp³-hybridized carbons (Fsp3) is 0.444. The lowest BCUT2D eigenvalue weighted by Crippen LogP contribution is -2.32. The van der Waals surface area contributed by atoms with Gasteiger partial charge in [-0.25, -0.2) is 22.1 Å². The molecule has 1 aliphatic rings. The summed E-state index contributed by atoms with van der Waals surface area (Å²) in [6, 6.07) is 4.01. The van der Waals surface area contributed by atoms with E-state index in [0.717, 1.165) is 0 Å². The lowest BCUT2D eigenvalue weighted by atomic mass is 10.1. The van der Waals surface area contributed by atoms with Crippen LogP contribution in [-0.2, 0) is 19.6 Å². The van der Waals surface area contributed by atoms with Crippen LogP contribution >= 0.6 is 0 Å². The summed E-state index contributed by atoms with van der Waals surface area (Å²) in [7, 11) is 1.17. The van der Waals surface area contributed by atoms with Gasteiger partial charge in [0, 0.05) is 32.4 Å². The summed E-state index contributed by atoms with van der Waals surface area (Å²) in [4.78, 5) is 12.7. The van der Waals surface area contributed by atoms with Gasteiger partial charge in [-0.3, -0.25) is 4.79 Å². The van der Waals surface area contributed by atoms with Gasteiger partial charge in [0.05, 0.1) is 37.7 Å². The first kappa shape index (κ1) is 22.8. The number of halogens is 1. The van der Waals surface area contributed by atoms with Crippen molar-refractivity contribution in [3.05, 3.63) is 36.4 Å². The molecule has 3 rings (SSSR count). The normalized spacial score (nSPS) is 18.9. The lowest BCUT2D eigenvalue weighted by Gasteiger charge is -2.23. The van der Waals surface area contributed by atoms with Crippen molar-refractivity contribution in [2.45, 2.75) is 6.04 Å². The number of carbonyl (C=O) groups is 1. The van der Waals surface area contributed by atoms with Gasteiger partial charge < -0.3 is 19.1 Å². The van der Waals surface area contributed by atoms with Crippen LogP contribution in [0, 0.1) is 11.7 Å². The smallest absolute Gasteiger partial charge is 0.290 e. The molecule has 29 heavy (non-hydrogen) atoms. The Morgan fingerprint density at radius 2 is 2.10 bits per heavy atom. The monoisotopic (exact) mass is 429 g/mol. The fourth-order valence-corrected chi connectivity index (χ4v) is 4.28. The quantitative estimate of drug-likeness (QED) is 0.693. The Morgan fingerprint density at radius 1 is 1.41 bits per heavy atom. The molecule has 0 spiro atoms. The Labute approximate surface area is 168 Å². The second-order valence-electron chi connectivity index (χ2n) is 6.53. The molecule has 1 aromatic heterocycles. The first-order valence-electron chi connectivity index (χ1n) is 8.67. The maximum Gasteiger partial charge on any atom is 0.290 e. The number of sulfonamides is 1. The zero-order valence-electron chi connectivity index (χ0n) is 16.4. The van der Waals surface area contributed by atoms with Gasteiger partial charge in [-0.15, -0.1) is 0 Å². The Hall–Kier alpha value is -2.50. The van der Waals surface area contributed by atoms with Crippen LogP contribution in [-0.4, -0.2) is 74.0 Å². The van der Waals surface area contributed by atoms with Gasteiger partial charge in [0.15, 0.2) is 0 Å². The molecule has 11 heteroatoms. The fourth-order valence-electron chi connectivity index (χ4n) is 3.12. The van der Waals surface area contributed by atoms with Crippen LogP contribution in [0.15, 0.2) is 30.6 Å². The first-order valence-corrected chi connectivity index (χ1v) is 10.3. The van der Waals surface area contributed by atoms with E-state index in [9.17, 15) is 12.8 Å². The van der Waals surface area contributed by atoms with Crippen molar-refractivity contribution in [2.24, 2.45) is 5.92 Å². The number of imidazole rings is 1. The molecule has 0 saturated carbocycles. The molecule has 0 amide bonds. The molecule has 0 aliphatic carbocycles. The molecular formula is C18H24FN3O6S. The van der Waals surface area contributed by atoms with Crippen molar-refractivity contribution in [2.75, 3.05) is 40.2 Å². The van der Waals surface area contributed by atoms with E-state index in [-0.39, 0.29) is 24.2 Å². The zero-order valence-corrected chi connectivity index (χ0v) is 17.2. The highest BCUT2D eigenvalue weighted by Gasteiger charge is 2.35. The summed E-state index contributed by atoms with van der Waals surface area (Å²) in [5.41, 5.74) is 0.513. The van der Waals surface area contributed by atoms with E-state index in [1.54, 1.807) is 18.5 Å². The van der Waals surface area contributed by atoms with E-state index >= 15 is 0 Å². The third-order valence-electron chi connectivity index (χ3n) is 4.57. The van der Waals surface area contributed by atoms with Crippen LogP contribution in [0.4, 0.5) is 4.39 Å². The molecule has 2 aromatic rings. The number of benzene rings is 1. The van der Waals surface area contributed by atoms with E-state index in [4.69, 9.17) is 19.4 Å². The van der Waals surface area contributed by atoms with E-state index in [1.807, 2.05) is 4.57 Å². The van der Waals surface area contributed by atoms with E-state index in [2.05, 4.69) is 4.98 Å². The van der Waals surface area contributed by atoms with Crippen LogP contribution < -0.4 is 4.74 Å². The highest BCUT2D eigenvalue weighted by molar-refractivity contribution is 7.89. The number of hydrogen-bond donors (Lipinski definition) is 1. The number of nitrogens with zero attached hydrogens (tertiary/aromatic N) is 3. The number of carboxylic acid groups (broad SMARTS) is 1. The third kappa shape index (κ3) is 5.31. The van der Waals surface area contributed by atoms with Crippen molar-refractivity contribution in [3.63, 3.8) is 0 Å². The van der Waals surface area contributed by atoms with Gasteiger partial charge in [-0.05, 0) is 18.2 Å². The van der Waals surface area contributed by atoms with Crippen molar-refractivity contribution in [1.29, 1.82) is 0 Å². The number of methoxy groups -OCH3 is 1. The number of ether oxygens (including phenoxy) is 2. The maximum absolute atomic E-state index is 13.8. The topological polar surface area (TPSA) is 111 Å². The largest absolute Gasteiger partial charge is 0.496 e. The summed E-state index contributed by atoms with van der Waals surface area (Å²) in [6.07, 6.45) is 3.36. The van der Waals surface area contributed by atoms with E-state index in [0.29, 0.717) is 30.4 Å². The van der Waals surface area contributed by atoms with Crippen molar-refractivity contribution in [3.8, 4) is 17.1 Å². The summed E-state index contributed by atoms with van der Waals surface area (Å²) >= 11 is 0. The molecule has 1 saturated heterocycles. The van der Waals surface area contributed by atoms with Gasteiger partial charge in [-0.1, -0.05) is 0 Å². The third-order valence-corrected chi connectivity index (χ3v) is 6.54. The SMILES string of the molecule is COc1ccc(F)cc1-c1nccn1[C@@H]1COC[C@@H]1CS(=O)(=O)N(C)C.O=CO. The molecule has 9 nitrogen and oxygen atoms in total. The molecule has 0 bridgehead atoms. The van der Waals surface area contributed by atoms with Crippen LogP contribution in [0.3, 0.4) is 0 Å². The van der Waals surface area contributed by atoms with E-state index < -0.39 is 15.8 Å². The van der Waals surface area contributed by atoms with Gasteiger partial charge in [0.2, 0.25) is 10.0 Å². The van der Waals surface area contributed by atoms with Gasteiger partial charge in [0.25, 0.3) is 6.47 Å². The predicted octanol–water partition coefficient (Wildman–Crippen LogP) is 1.48. The Bertz CT molecular complexity index is 931. The predicted molar refractivity (Wildman–Crippen MR) is 104 cm³/mol. The Balaban J connectivity index is 0.000000941. The van der Waals surface area contributed by atoms with Gasteiger partial charge in [0.1, 0.15) is 17.4 Å². The average Bonchev–Trinajstić information content (AvgIpc) is 3.30. The molecule has 0 radical (unpaired) electrons. The van der Waals surface area contributed by atoms with Crippen LogP contribution in [0.25, 0.3) is 11.4 Å². The second-order valence-corrected chi connectivity index (χ2v) is 8.76. The summed E-state index contributed by atoms with van der Waals surface area (Å²) < 4.78 is 52.3. The highest BCUT2D eigenvalue weighted by Crippen LogP contribution is 2.35.